The van der Waals surface area contributed by atoms with E-state index >= 15 is 0 Å². The maximum atomic E-state index is 12.3. The number of nitrogens with two attached hydrogens (primary N) is 1. The van der Waals surface area contributed by atoms with Crippen molar-refractivity contribution in [3.8, 4) is 0 Å². The number of nitrogens with one attached hydrogen (secondary N) is 1. The van der Waals surface area contributed by atoms with Gasteiger partial charge in [0.2, 0.25) is 15.9 Å². The van der Waals surface area contributed by atoms with E-state index in [1.165, 1.54) is 6.07 Å². The van der Waals surface area contributed by atoms with Crippen LogP contribution < -0.4 is 10.5 Å². The molecule has 0 aliphatic carbocycles. The molecule has 1 aromatic heterocycles. The Morgan fingerprint density at radius 1 is 1.38 bits per heavy atom. The van der Waals surface area contributed by atoms with Crippen LogP contribution in [-0.2, 0) is 16.6 Å². The Bertz CT molecular complexity index is 716. The number of aromatic nitrogens is 1. The maximum absolute atomic E-state index is 12.3. The third-order valence-electron chi connectivity index (χ3n) is 3.18. The molecule has 0 amide bonds. The van der Waals surface area contributed by atoms with Crippen LogP contribution in [0.3, 0.4) is 0 Å². The zero-order valence-electron chi connectivity index (χ0n) is 12.3. The Labute approximate surface area is 124 Å². The molecule has 7 heteroatoms. The first-order valence-electron chi connectivity index (χ1n) is 6.57. The molecule has 114 valence electrons. The van der Waals surface area contributed by atoms with Crippen molar-refractivity contribution in [2.45, 2.75) is 38.3 Å². The summed E-state index contributed by atoms with van der Waals surface area (Å²) < 4.78 is 32.3. The molecule has 2 aromatic rings. The van der Waals surface area contributed by atoms with E-state index in [2.05, 4.69) is 9.71 Å². The van der Waals surface area contributed by atoms with Gasteiger partial charge in [-0.15, -0.1) is 0 Å². The lowest BCUT2D eigenvalue weighted by Crippen LogP contribution is -2.23. The Kier molecular flexibility index (Phi) is 4.46. The zero-order valence-corrected chi connectivity index (χ0v) is 13.1. The number of aryl methyl sites for hydroxylation is 2. The van der Waals surface area contributed by atoms with Crippen LogP contribution in [0.4, 0.5) is 0 Å². The summed E-state index contributed by atoms with van der Waals surface area (Å²) in [6.45, 7) is 5.41. The van der Waals surface area contributed by atoms with E-state index in [9.17, 15) is 8.42 Å². The first-order chi connectivity index (χ1) is 9.79. The number of nitrogens with zero attached hydrogens (tertiary/aromatic N) is 1. The van der Waals surface area contributed by atoms with Gasteiger partial charge in [0.05, 0.1) is 17.1 Å². The summed E-state index contributed by atoms with van der Waals surface area (Å²) in [4.78, 5) is 4.32. The largest absolute Gasteiger partial charge is 0.444 e. The summed E-state index contributed by atoms with van der Waals surface area (Å²) in [5, 5.41) is 0. The van der Waals surface area contributed by atoms with Gasteiger partial charge < -0.3 is 10.2 Å². The minimum atomic E-state index is -3.62. The molecular weight excluding hydrogens is 290 g/mol. The van der Waals surface area contributed by atoms with Gasteiger partial charge in [0.25, 0.3) is 0 Å². The van der Waals surface area contributed by atoms with Gasteiger partial charge in [-0.3, -0.25) is 0 Å². The molecule has 0 radical (unpaired) electrons. The quantitative estimate of drug-likeness (QED) is 0.877. The van der Waals surface area contributed by atoms with E-state index < -0.39 is 10.0 Å². The lowest BCUT2D eigenvalue weighted by molar-refractivity contribution is 0.463. The lowest BCUT2D eigenvalue weighted by Gasteiger charge is -2.09. The third-order valence-corrected chi connectivity index (χ3v) is 4.58. The minimum absolute atomic E-state index is 0.0133. The highest BCUT2D eigenvalue weighted by molar-refractivity contribution is 7.89. The average molecular weight is 309 g/mol. The third kappa shape index (κ3) is 3.69. The number of benzene rings is 1. The van der Waals surface area contributed by atoms with Crippen LogP contribution in [0, 0.1) is 13.8 Å². The first-order valence-corrected chi connectivity index (χ1v) is 8.06. The molecule has 1 heterocycles. The van der Waals surface area contributed by atoms with Crippen LogP contribution in [-0.4, -0.2) is 13.4 Å². The Hall–Kier alpha value is -1.70. The molecule has 0 saturated carbocycles. The molecule has 0 saturated heterocycles. The van der Waals surface area contributed by atoms with Gasteiger partial charge in [-0.25, -0.2) is 18.1 Å². The lowest BCUT2D eigenvalue weighted by atomic mass is 10.1. The summed E-state index contributed by atoms with van der Waals surface area (Å²) in [6.07, 6.45) is 0. The molecule has 1 unspecified atom stereocenters. The van der Waals surface area contributed by atoms with Crippen LogP contribution in [0.1, 0.15) is 35.9 Å². The van der Waals surface area contributed by atoms with Crippen LogP contribution in [0.25, 0.3) is 0 Å². The van der Waals surface area contributed by atoms with Gasteiger partial charge in [0, 0.05) is 6.04 Å². The van der Waals surface area contributed by atoms with Crippen molar-refractivity contribution in [2.24, 2.45) is 5.73 Å². The normalized spacial score (nSPS) is 13.3. The second-order valence-electron chi connectivity index (χ2n) is 4.93. The maximum Gasteiger partial charge on any atom is 0.241 e. The second-order valence-corrected chi connectivity index (χ2v) is 6.70. The average Bonchev–Trinajstić information content (AvgIpc) is 2.76. The molecule has 6 nitrogen and oxygen atoms in total. The van der Waals surface area contributed by atoms with Gasteiger partial charge in [-0.05, 0) is 38.5 Å². The molecule has 0 aliphatic heterocycles. The van der Waals surface area contributed by atoms with E-state index in [1.807, 2.05) is 6.92 Å². The van der Waals surface area contributed by atoms with Crippen molar-refractivity contribution < 1.29 is 12.8 Å². The Morgan fingerprint density at radius 2 is 2.10 bits per heavy atom. The van der Waals surface area contributed by atoms with E-state index in [0.29, 0.717) is 11.7 Å². The van der Waals surface area contributed by atoms with E-state index in [-0.39, 0.29) is 17.5 Å². The molecule has 1 atom stereocenters. The summed E-state index contributed by atoms with van der Waals surface area (Å²) in [7, 11) is -3.62. The highest BCUT2D eigenvalue weighted by atomic mass is 32.2. The molecule has 0 spiro atoms. The Balaban J connectivity index is 2.16. The van der Waals surface area contributed by atoms with Crippen LogP contribution in [0.15, 0.2) is 33.6 Å². The van der Waals surface area contributed by atoms with E-state index in [0.717, 1.165) is 11.3 Å². The van der Waals surface area contributed by atoms with Crippen molar-refractivity contribution in [3.05, 3.63) is 47.2 Å². The second kappa shape index (κ2) is 5.97. The number of hydrogen-bond donors (Lipinski definition) is 2. The number of rotatable bonds is 5. The van der Waals surface area contributed by atoms with Crippen LogP contribution in [0.5, 0.6) is 0 Å². The molecule has 2 rings (SSSR count). The fraction of sp³-hybridized carbons (Fsp3) is 0.357. The summed E-state index contributed by atoms with van der Waals surface area (Å²) in [6, 6.07) is 6.34. The molecular formula is C14H19N3O3S. The molecule has 1 aromatic carbocycles. The molecule has 0 aliphatic rings. The van der Waals surface area contributed by atoms with Crippen molar-refractivity contribution >= 4 is 10.0 Å². The van der Waals surface area contributed by atoms with Crippen molar-refractivity contribution in [3.63, 3.8) is 0 Å². The fourth-order valence-corrected chi connectivity index (χ4v) is 2.85. The van der Waals surface area contributed by atoms with Gasteiger partial charge >= 0.3 is 0 Å². The SMILES string of the molecule is Cc1nc(CNS(=O)(=O)c2cccc(C(C)N)c2)oc1C. The highest BCUT2D eigenvalue weighted by Crippen LogP contribution is 2.16. The molecule has 21 heavy (non-hydrogen) atoms. The van der Waals surface area contributed by atoms with E-state index in [4.69, 9.17) is 10.2 Å². The number of hydrogen-bond acceptors (Lipinski definition) is 5. The van der Waals surface area contributed by atoms with Crippen LogP contribution in [0.2, 0.25) is 0 Å². The van der Waals surface area contributed by atoms with E-state index in [1.54, 1.807) is 32.0 Å². The predicted molar refractivity (Wildman–Crippen MR) is 79.0 cm³/mol. The van der Waals surface area contributed by atoms with Gasteiger partial charge in [0.15, 0.2) is 0 Å². The zero-order chi connectivity index (χ0) is 15.6. The molecule has 3 N–H and O–H groups in total. The summed E-state index contributed by atoms with van der Waals surface area (Å²) in [5.41, 5.74) is 7.29. The van der Waals surface area contributed by atoms with Crippen molar-refractivity contribution in [1.82, 2.24) is 9.71 Å². The van der Waals surface area contributed by atoms with Crippen molar-refractivity contribution in [2.75, 3.05) is 0 Å². The van der Waals surface area contributed by atoms with Gasteiger partial charge in [-0.1, -0.05) is 12.1 Å². The van der Waals surface area contributed by atoms with Crippen LogP contribution >= 0.6 is 0 Å². The van der Waals surface area contributed by atoms with Gasteiger partial charge in [0.1, 0.15) is 5.76 Å². The standard InChI is InChI=1S/C14H19N3O3S/c1-9(15)12-5-4-6-13(7-12)21(18,19)16-8-14-17-10(2)11(3)20-14/h4-7,9,16H,8,15H2,1-3H3. The first kappa shape index (κ1) is 15.7. The Morgan fingerprint density at radius 3 is 2.67 bits per heavy atom. The minimum Gasteiger partial charge on any atom is -0.444 e. The van der Waals surface area contributed by atoms with Gasteiger partial charge in [-0.2, -0.15) is 0 Å². The topological polar surface area (TPSA) is 98.2 Å². The molecule has 0 bridgehead atoms. The number of oxazole rings is 1. The highest BCUT2D eigenvalue weighted by Gasteiger charge is 2.16. The summed E-state index contributed by atoms with van der Waals surface area (Å²) >= 11 is 0. The van der Waals surface area contributed by atoms with Crippen molar-refractivity contribution in [1.29, 1.82) is 0 Å². The predicted octanol–water partition coefficient (Wildman–Crippen LogP) is 1.79. The summed E-state index contributed by atoms with van der Waals surface area (Å²) in [5.74, 6) is 1.03. The number of sulfonamides is 1. The fourth-order valence-electron chi connectivity index (χ4n) is 1.82. The molecule has 0 fully saturated rings. The smallest absolute Gasteiger partial charge is 0.241 e. The monoisotopic (exact) mass is 309 g/mol.